The molecule has 1 N–H and O–H groups in total. The van der Waals surface area contributed by atoms with E-state index in [-0.39, 0.29) is 0 Å². The van der Waals surface area contributed by atoms with Gasteiger partial charge in [0.05, 0.1) is 5.60 Å². The maximum atomic E-state index is 12.1. The number of nitrogens with zero attached hydrogens (tertiary/aromatic N) is 1. The summed E-state index contributed by atoms with van der Waals surface area (Å²) in [5.74, 6) is 0.356. The fraction of sp³-hybridized carbons (Fsp3) is 0.550. The molecular weight excluding hydrogens is 286 g/mol. The molecule has 2 rings (SSSR count). The number of hydrogen-bond acceptors (Lipinski definition) is 2. The monoisotopic (exact) mass is 315 g/mol. The molecule has 0 spiro atoms. The number of hydroxylamine groups is 1. The van der Waals surface area contributed by atoms with Crippen molar-refractivity contribution < 1.29 is 9.85 Å². The molecule has 0 radical (unpaired) electrons. The fourth-order valence-corrected chi connectivity index (χ4v) is 3.07. The second-order valence-corrected chi connectivity index (χ2v) is 7.27. The van der Waals surface area contributed by atoms with Crippen LogP contribution in [0.25, 0.3) is 0 Å². The molecule has 1 aliphatic rings. The summed E-state index contributed by atoms with van der Waals surface area (Å²) < 4.78 is 1.08. The molecule has 1 unspecified atom stereocenters. The van der Waals surface area contributed by atoms with E-state index in [4.69, 9.17) is 0 Å². The van der Waals surface area contributed by atoms with Crippen molar-refractivity contribution >= 4 is 6.21 Å². The van der Waals surface area contributed by atoms with Gasteiger partial charge in [-0.2, -0.15) is 0 Å². The Morgan fingerprint density at radius 3 is 2.65 bits per heavy atom. The third-order valence-corrected chi connectivity index (χ3v) is 4.39. The number of aliphatic hydroxyl groups is 1. The average Bonchev–Trinajstić information content (AvgIpc) is 2.49. The first-order valence-electron chi connectivity index (χ1n) is 8.65. The van der Waals surface area contributed by atoms with Crippen LogP contribution in [0, 0.1) is 11.1 Å². The Balaban J connectivity index is 1.78. The lowest BCUT2D eigenvalue weighted by molar-refractivity contribution is -0.472. The van der Waals surface area contributed by atoms with E-state index >= 15 is 0 Å². The molecule has 1 aliphatic carbocycles. The molecule has 0 aliphatic heterocycles. The largest absolute Gasteiger partial charge is 0.624 e. The van der Waals surface area contributed by atoms with Crippen LogP contribution < -0.4 is 0 Å². The summed E-state index contributed by atoms with van der Waals surface area (Å²) in [5.41, 5.74) is 1.98. The molecule has 1 aromatic carbocycles. The molecular formula is C20H29NO2. The van der Waals surface area contributed by atoms with Gasteiger partial charge in [0.1, 0.15) is 0 Å². The van der Waals surface area contributed by atoms with Crippen molar-refractivity contribution in [2.45, 2.75) is 64.5 Å². The molecule has 23 heavy (non-hydrogen) atoms. The van der Waals surface area contributed by atoms with Gasteiger partial charge in [-0.25, -0.2) is 4.74 Å². The molecule has 0 heterocycles. The Kier molecular flexibility index (Phi) is 6.40. The summed E-state index contributed by atoms with van der Waals surface area (Å²) in [4.78, 5) is 0. The molecule has 0 bridgehead atoms. The number of benzene rings is 1. The van der Waals surface area contributed by atoms with Crippen molar-refractivity contribution in [2.24, 2.45) is 5.92 Å². The van der Waals surface area contributed by atoms with Crippen LogP contribution in [0.4, 0.5) is 0 Å². The van der Waals surface area contributed by atoms with E-state index in [9.17, 15) is 10.3 Å². The van der Waals surface area contributed by atoms with Gasteiger partial charge in [-0.05, 0) is 52.4 Å². The zero-order valence-electron chi connectivity index (χ0n) is 14.4. The van der Waals surface area contributed by atoms with E-state index in [2.05, 4.69) is 6.08 Å². The van der Waals surface area contributed by atoms with E-state index in [0.717, 1.165) is 48.8 Å². The van der Waals surface area contributed by atoms with E-state index in [1.54, 1.807) is 0 Å². The Bertz CT molecular complexity index is 541. The average molecular weight is 315 g/mol. The van der Waals surface area contributed by atoms with Crippen LogP contribution in [0.5, 0.6) is 0 Å². The molecule has 0 aromatic heterocycles. The second kappa shape index (κ2) is 8.30. The van der Waals surface area contributed by atoms with Crippen LogP contribution in [0.3, 0.4) is 0 Å². The van der Waals surface area contributed by atoms with Crippen molar-refractivity contribution in [3.8, 4) is 0 Å². The van der Waals surface area contributed by atoms with Gasteiger partial charge in [0.25, 0.3) is 0 Å². The highest BCUT2D eigenvalue weighted by Gasteiger charge is 2.17. The number of hydrogen-bond donors (Lipinski definition) is 1. The standard InChI is InChI=1S/C20H29NO2/c1-20(2,22)14-6-9-17-10-12-19(13-11-17)16-21(23)15-18-7-4-3-5-8-18/h3-5,7-8,10,16,19,22H,6,9,11-15H2,1-2H3. The van der Waals surface area contributed by atoms with Gasteiger partial charge < -0.3 is 10.3 Å². The van der Waals surface area contributed by atoms with E-state index in [0.29, 0.717) is 12.5 Å². The summed E-state index contributed by atoms with van der Waals surface area (Å²) in [6.45, 7) is 4.16. The minimum absolute atomic E-state index is 0.356. The molecule has 3 nitrogen and oxygen atoms in total. The van der Waals surface area contributed by atoms with Gasteiger partial charge >= 0.3 is 0 Å². The SMILES string of the molecule is CC(C)(O)CCCC1=CCC(C=[N+]([O-])Cc2ccccc2)CC1. The first-order chi connectivity index (χ1) is 10.9. The third kappa shape index (κ3) is 7.00. The molecule has 1 aromatic rings. The first-order valence-corrected chi connectivity index (χ1v) is 8.65. The summed E-state index contributed by atoms with van der Waals surface area (Å²) >= 11 is 0. The second-order valence-electron chi connectivity index (χ2n) is 7.27. The smallest absolute Gasteiger partial charge is 0.178 e. The van der Waals surface area contributed by atoms with Crippen molar-refractivity contribution in [1.29, 1.82) is 0 Å². The van der Waals surface area contributed by atoms with E-state index in [1.165, 1.54) is 5.57 Å². The van der Waals surface area contributed by atoms with E-state index < -0.39 is 5.60 Å². The Morgan fingerprint density at radius 2 is 2.04 bits per heavy atom. The van der Waals surface area contributed by atoms with Crippen LogP contribution in [-0.2, 0) is 6.54 Å². The predicted octanol–water partition coefficient (Wildman–Crippen LogP) is 4.44. The normalized spacial score (nSPS) is 19.5. The van der Waals surface area contributed by atoms with E-state index in [1.807, 2.05) is 50.4 Å². The summed E-state index contributed by atoms with van der Waals surface area (Å²) in [7, 11) is 0. The lowest BCUT2D eigenvalue weighted by Crippen LogP contribution is -2.18. The molecule has 0 saturated heterocycles. The summed E-state index contributed by atoms with van der Waals surface area (Å²) in [5, 5.41) is 21.8. The van der Waals surface area contributed by atoms with Gasteiger partial charge in [0.2, 0.25) is 0 Å². The molecule has 3 heteroatoms. The Hall–Kier alpha value is -1.61. The van der Waals surface area contributed by atoms with Gasteiger partial charge in [-0.1, -0.05) is 42.0 Å². The van der Waals surface area contributed by atoms with Gasteiger partial charge in [0, 0.05) is 11.5 Å². The molecule has 0 saturated carbocycles. The molecule has 0 fully saturated rings. The number of rotatable bonds is 7. The van der Waals surface area contributed by atoms with Crippen LogP contribution >= 0.6 is 0 Å². The van der Waals surface area contributed by atoms with Crippen LogP contribution in [0.1, 0.15) is 57.9 Å². The van der Waals surface area contributed by atoms with Crippen molar-refractivity contribution in [2.75, 3.05) is 0 Å². The first kappa shape index (κ1) is 17.7. The molecule has 1 atom stereocenters. The topological polar surface area (TPSA) is 46.3 Å². The molecule has 126 valence electrons. The quantitative estimate of drug-likeness (QED) is 0.266. The Morgan fingerprint density at radius 1 is 1.30 bits per heavy atom. The van der Waals surface area contributed by atoms with Gasteiger partial charge in [0.15, 0.2) is 12.8 Å². The van der Waals surface area contributed by atoms with Crippen LogP contribution in [-0.4, -0.2) is 21.7 Å². The van der Waals surface area contributed by atoms with Gasteiger partial charge in [-0.15, -0.1) is 0 Å². The third-order valence-electron chi connectivity index (χ3n) is 4.39. The minimum Gasteiger partial charge on any atom is -0.624 e. The lowest BCUT2D eigenvalue weighted by Gasteiger charge is -2.20. The maximum absolute atomic E-state index is 12.1. The van der Waals surface area contributed by atoms with Crippen molar-refractivity contribution in [3.63, 3.8) is 0 Å². The minimum atomic E-state index is -0.563. The fourth-order valence-electron chi connectivity index (χ4n) is 3.07. The Labute approximate surface area is 139 Å². The van der Waals surface area contributed by atoms with Crippen molar-refractivity contribution in [3.05, 3.63) is 52.8 Å². The predicted molar refractivity (Wildman–Crippen MR) is 95.4 cm³/mol. The zero-order chi connectivity index (χ0) is 16.7. The zero-order valence-corrected chi connectivity index (χ0v) is 14.4. The highest BCUT2D eigenvalue weighted by molar-refractivity contribution is 5.56. The van der Waals surface area contributed by atoms with Gasteiger partial charge in [-0.3, -0.25) is 0 Å². The summed E-state index contributed by atoms with van der Waals surface area (Å²) in [6.07, 6.45) is 10.2. The number of allylic oxidation sites excluding steroid dienone is 2. The molecule has 0 amide bonds. The van der Waals surface area contributed by atoms with Crippen LogP contribution in [0.2, 0.25) is 0 Å². The maximum Gasteiger partial charge on any atom is 0.178 e. The highest BCUT2D eigenvalue weighted by Crippen LogP contribution is 2.26. The highest BCUT2D eigenvalue weighted by atomic mass is 16.5. The lowest BCUT2D eigenvalue weighted by atomic mass is 9.87. The van der Waals surface area contributed by atoms with Crippen molar-refractivity contribution in [1.82, 2.24) is 0 Å². The summed E-state index contributed by atoms with van der Waals surface area (Å²) in [6, 6.07) is 9.87. The van der Waals surface area contributed by atoms with Crippen LogP contribution in [0.15, 0.2) is 42.0 Å².